The van der Waals surface area contributed by atoms with E-state index in [0.29, 0.717) is 0 Å². The first-order valence-electron chi connectivity index (χ1n) is 16.6. The van der Waals surface area contributed by atoms with E-state index in [0.717, 1.165) is 5.32 Å². The summed E-state index contributed by atoms with van der Waals surface area (Å²) in [5, 5.41) is 15.2. The molecule has 2 heterocycles. The van der Waals surface area contributed by atoms with Crippen molar-refractivity contribution in [1.82, 2.24) is 20.9 Å². The molecule has 2 aliphatic heterocycles. The predicted molar refractivity (Wildman–Crippen MR) is 117 cm³/mol. The van der Waals surface area contributed by atoms with Crippen LogP contribution in [-0.2, 0) is 19.2 Å². The second kappa shape index (κ2) is 8.99. The van der Waals surface area contributed by atoms with E-state index in [9.17, 15) is 39.0 Å². The number of fused-ring (bicyclic) bond motifs is 1. The highest BCUT2D eigenvalue weighted by Crippen LogP contribution is 2.65. The number of piperidine rings is 1. The van der Waals surface area contributed by atoms with Crippen molar-refractivity contribution in [2.45, 2.75) is 71.5 Å². The van der Waals surface area contributed by atoms with Gasteiger partial charge in [0.25, 0.3) is 0 Å². The summed E-state index contributed by atoms with van der Waals surface area (Å²) in [6, 6.07) is -6.88. The van der Waals surface area contributed by atoms with Gasteiger partial charge in [-0.2, -0.15) is 18.4 Å². The number of alkyl halides is 3. The van der Waals surface area contributed by atoms with E-state index < -0.39 is 104 Å². The predicted octanol–water partition coefficient (Wildman–Crippen LogP) is 1.10. The van der Waals surface area contributed by atoms with Crippen LogP contribution in [0.3, 0.4) is 0 Å². The van der Waals surface area contributed by atoms with Crippen LogP contribution in [0.5, 0.6) is 0 Å². The molecule has 1 saturated carbocycles. The summed E-state index contributed by atoms with van der Waals surface area (Å²) in [6.07, 6.45) is -6.02. The Kier molecular flexibility index (Phi) is 3.76. The highest BCUT2D eigenvalue weighted by Gasteiger charge is 2.70. The first-order chi connectivity index (χ1) is 20.9. The fourth-order valence-corrected chi connectivity index (χ4v) is 4.39. The molecular formula is C23H32F3N5O4. The third kappa shape index (κ3) is 5.23. The Balaban J connectivity index is 2.27. The van der Waals surface area contributed by atoms with Gasteiger partial charge < -0.3 is 20.9 Å². The number of likely N-dealkylation sites (tertiary alicyclic amines) is 1. The first-order valence-corrected chi connectivity index (χ1v) is 10.6. The van der Waals surface area contributed by atoms with Crippen molar-refractivity contribution in [3.05, 3.63) is 0 Å². The standard InChI is InChI=1S/C23H32F3N5O4/c1-21(2,3)16(30-20(35)23(24,25)26)19(34)31-10-13-14(22(13,4)5)15(31)18(33)29-12(9-27)8-11-6-7-28-17(11)32/h11-16H,6-8,10H2,1-5H3,(H,28,32)(H,29,33)(H,30,35)/t11-,12-,13-,14-,15-,16?/m0/s1/i1D3,2D3,3D3,10D2,15D. The van der Waals surface area contributed by atoms with E-state index in [2.05, 4.69) is 10.6 Å². The lowest BCUT2D eigenvalue weighted by Crippen LogP contribution is -2.61. The molecular weight excluding hydrogens is 467 g/mol. The molecule has 12 heteroatoms. The fourth-order valence-electron chi connectivity index (χ4n) is 4.39. The second-order valence-electron chi connectivity index (χ2n) is 9.34. The molecule has 0 aromatic rings. The van der Waals surface area contributed by atoms with Crippen LogP contribution in [0.15, 0.2) is 0 Å². The summed E-state index contributed by atoms with van der Waals surface area (Å²) < 4.78 is 138. The Labute approximate surface area is 219 Å². The number of hydrogen-bond acceptors (Lipinski definition) is 5. The van der Waals surface area contributed by atoms with Crippen molar-refractivity contribution in [2.75, 3.05) is 13.0 Å². The third-order valence-electron chi connectivity index (χ3n) is 6.44. The summed E-state index contributed by atoms with van der Waals surface area (Å²) in [5.41, 5.74) is -5.86. The van der Waals surface area contributed by atoms with Crippen LogP contribution in [0.1, 0.15) is 63.7 Å². The van der Waals surface area contributed by atoms with Crippen molar-refractivity contribution in [1.29, 1.82) is 5.26 Å². The normalized spacial score (nSPS) is 38.6. The fraction of sp³-hybridized carbons (Fsp3) is 0.783. The average molecular weight is 512 g/mol. The zero-order valence-corrected chi connectivity index (χ0v) is 18.7. The van der Waals surface area contributed by atoms with Crippen LogP contribution in [0, 0.1) is 39.9 Å². The number of nitrogens with zero attached hydrogens (tertiary/aromatic N) is 2. The summed E-state index contributed by atoms with van der Waals surface area (Å²) in [5.74, 6) is -11.4. The van der Waals surface area contributed by atoms with Crippen LogP contribution in [0.4, 0.5) is 13.2 Å². The van der Waals surface area contributed by atoms with Crippen LogP contribution in [0.25, 0.3) is 0 Å². The molecule has 1 unspecified atom stereocenters. The number of halogens is 3. The van der Waals surface area contributed by atoms with Gasteiger partial charge >= 0.3 is 12.1 Å². The molecule has 2 saturated heterocycles. The molecule has 0 aromatic heterocycles. The average Bonchev–Trinajstić information content (AvgIpc) is 3.12. The number of carbonyl (C=O) groups excluding carboxylic acids is 4. The molecule has 6 atom stereocenters. The lowest BCUT2D eigenvalue weighted by Gasteiger charge is -2.37. The van der Waals surface area contributed by atoms with E-state index in [1.165, 1.54) is 13.8 Å². The number of nitrogens with one attached hydrogen (secondary N) is 3. The second-order valence-corrected chi connectivity index (χ2v) is 9.34. The molecule has 3 fully saturated rings. The maximum atomic E-state index is 14.3. The monoisotopic (exact) mass is 511 g/mol. The zero-order chi connectivity index (χ0) is 36.7. The molecule has 0 bridgehead atoms. The Bertz CT molecular complexity index is 1340. The Morgan fingerprint density at radius 3 is 2.51 bits per heavy atom. The van der Waals surface area contributed by atoms with Gasteiger partial charge in [0.2, 0.25) is 17.7 Å². The molecule has 3 rings (SSSR count). The third-order valence-corrected chi connectivity index (χ3v) is 6.44. The van der Waals surface area contributed by atoms with Gasteiger partial charge in [0.15, 0.2) is 0 Å². The summed E-state index contributed by atoms with van der Waals surface area (Å²) in [7, 11) is 0. The van der Waals surface area contributed by atoms with E-state index in [1.807, 2.05) is 0 Å². The molecule has 35 heavy (non-hydrogen) atoms. The quantitative estimate of drug-likeness (QED) is 0.491. The maximum absolute atomic E-state index is 14.3. The van der Waals surface area contributed by atoms with Gasteiger partial charge in [-0.3, -0.25) is 19.2 Å². The van der Waals surface area contributed by atoms with Crippen LogP contribution in [0.2, 0.25) is 0 Å². The van der Waals surface area contributed by atoms with Crippen molar-refractivity contribution in [3.63, 3.8) is 0 Å². The molecule has 194 valence electrons. The minimum atomic E-state index is -5.96. The van der Waals surface area contributed by atoms with E-state index in [4.69, 9.17) is 15.1 Å². The van der Waals surface area contributed by atoms with Gasteiger partial charge in [0.1, 0.15) is 18.1 Å². The van der Waals surface area contributed by atoms with Gasteiger partial charge in [-0.15, -0.1) is 0 Å². The maximum Gasteiger partial charge on any atom is 0.471 e. The van der Waals surface area contributed by atoms with Gasteiger partial charge in [-0.25, -0.2) is 0 Å². The SMILES string of the molecule is [2H]C1([2H])[C@H]2[C@H](C2(C)C)[C@@]([2H])(C(=O)N[C@H](C#N)C[C@@H]2CCNC2=O)N1C(=O)C(NC(=O)C(F)(F)F)C(C([2H])([2H])[2H])(C([2H])([2H])[2H])C([2H])([2H])[2H]. The first kappa shape index (κ1) is 14.7. The van der Waals surface area contributed by atoms with Gasteiger partial charge in [-0.05, 0) is 35.5 Å². The molecule has 0 radical (unpaired) electrons. The number of carbonyl (C=O) groups is 4. The smallest absolute Gasteiger partial charge is 0.356 e. The highest BCUT2D eigenvalue weighted by molar-refractivity contribution is 5.95. The van der Waals surface area contributed by atoms with Crippen molar-refractivity contribution in [3.8, 4) is 6.07 Å². The topological polar surface area (TPSA) is 131 Å². The van der Waals surface area contributed by atoms with Gasteiger partial charge in [0.05, 0.1) is 7.44 Å². The van der Waals surface area contributed by atoms with Crippen LogP contribution < -0.4 is 16.0 Å². The van der Waals surface area contributed by atoms with Crippen molar-refractivity contribution >= 4 is 23.6 Å². The van der Waals surface area contributed by atoms with Crippen LogP contribution in [-0.4, -0.2) is 65.8 Å². The zero-order valence-electron chi connectivity index (χ0n) is 30.7. The summed E-state index contributed by atoms with van der Waals surface area (Å²) >= 11 is 0. The van der Waals surface area contributed by atoms with Crippen molar-refractivity contribution in [2.24, 2.45) is 28.6 Å². The largest absolute Gasteiger partial charge is 0.471 e. The van der Waals surface area contributed by atoms with Crippen molar-refractivity contribution < 1.29 is 48.8 Å². The van der Waals surface area contributed by atoms with E-state index in [1.54, 1.807) is 6.07 Å². The minimum absolute atomic E-state index is 0.252. The highest BCUT2D eigenvalue weighted by atomic mass is 19.4. The lowest BCUT2D eigenvalue weighted by molar-refractivity contribution is -0.176. The number of rotatable bonds is 6. The molecule has 0 spiro atoms. The number of amides is 4. The molecule has 3 N–H and O–H groups in total. The Morgan fingerprint density at radius 1 is 1.34 bits per heavy atom. The van der Waals surface area contributed by atoms with E-state index in [-0.39, 0.29) is 24.3 Å². The lowest BCUT2D eigenvalue weighted by atomic mass is 9.85. The number of nitriles is 1. The molecule has 9 nitrogen and oxygen atoms in total. The summed E-state index contributed by atoms with van der Waals surface area (Å²) in [4.78, 5) is 52.1. The Hall–Kier alpha value is -2.84. The molecule has 0 aromatic carbocycles. The molecule has 3 aliphatic rings. The van der Waals surface area contributed by atoms with E-state index >= 15 is 0 Å². The molecule has 4 amide bonds. The summed E-state index contributed by atoms with van der Waals surface area (Å²) in [6.45, 7) is -13.5. The van der Waals surface area contributed by atoms with Crippen LogP contribution >= 0.6 is 0 Å². The minimum Gasteiger partial charge on any atom is -0.356 e. The number of hydrogen-bond donors (Lipinski definition) is 3. The van der Waals surface area contributed by atoms with Gasteiger partial charge in [-0.1, -0.05) is 34.4 Å². The van der Waals surface area contributed by atoms with Gasteiger partial charge in [0, 0.05) is 34.0 Å². The Morgan fingerprint density at radius 2 is 2.00 bits per heavy atom. The molecule has 1 aliphatic carbocycles.